The molecule has 0 unspecified atom stereocenters. The van der Waals surface area contributed by atoms with E-state index in [4.69, 9.17) is 15.9 Å². The number of anilines is 1. The van der Waals surface area contributed by atoms with Crippen LogP contribution in [0.25, 0.3) is 21.4 Å². The maximum atomic E-state index is 13.2. The predicted molar refractivity (Wildman–Crippen MR) is 77.5 cm³/mol. The van der Waals surface area contributed by atoms with Crippen LogP contribution in [-0.4, -0.2) is 5.91 Å². The third kappa shape index (κ3) is 2.12. The van der Waals surface area contributed by atoms with Crippen molar-refractivity contribution in [2.75, 3.05) is 5.73 Å². The van der Waals surface area contributed by atoms with Gasteiger partial charge in [0.25, 0.3) is 5.91 Å². The molecule has 0 bridgehead atoms. The summed E-state index contributed by atoms with van der Waals surface area (Å²) in [6, 6.07) is 5.45. The van der Waals surface area contributed by atoms with Gasteiger partial charge in [-0.2, -0.15) is 13.2 Å². The summed E-state index contributed by atoms with van der Waals surface area (Å²) < 4.78 is 45.0. The fraction of sp³-hybridized carbons (Fsp3) is 0.0714. The first-order chi connectivity index (χ1) is 10.3. The number of furan rings is 1. The van der Waals surface area contributed by atoms with Gasteiger partial charge in [0, 0.05) is 15.6 Å². The molecule has 0 saturated carbocycles. The highest BCUT2D eigenvalue weighted by atomic mass is 32.1. The summed E-state index contributed by atoms with van der Waals surface area (Å²) in [5.41, 5.74) is 10.2. The number of hydrogen-bond acceptors (Lipinski definition) is 4. The van der Waals surface area contributed by atoms with Crippen LogP contribution in [0, 0.1) is 0 Å². The van der Waals surface area contributed by atoms with Gasteiger partial charge in [0.2, 0.25) is 0 Å². The van der Waals surface area contributed by atoms with Crippen molar-refractivity contribution >= 4 is 33.0 Å². The Bertz CT molecular complexity index is 866. The average molecular weight is 326 g/mol. The highest BCUT2D eigenvalue weighted by molar-refractivity contribution is 7.22. The minimum Gasteiger partial charge on any atom is -0.464 e. The van der Waals surface area contributed by atoms with Crippen molar-refractivity contribution in [2.24, 2.45) is 5.73 Å². The molecule has 1 amide bonds. The first kappa shape index (κ1) is 14.5. The van der Waals surface area contributed by atoms with Gasteiger partial charge in [0.05, 0.1) is 17.5 Å². The van der Waals surface area contributed by atoms with E-state index in [1.807, 2.05) is 0 Å². The number of benzene rings is 1. The minimum absolute atomic E-state index is 0.0977. The van der Waals surface area contributed by atoms with E-state index >= 15 is 0 Å². The lowest BCUT2D eigenvalue weighted by atomic mass is 10.0. The molecular weight excluding hydrogens is 317 g/mol. The summed E-state index contributed by atoms with van der Waals surface area (Å²) >= 11 is 0.828. The Kier molecular flexibility index (Phi) is 3.13. The van der Waals surface area contributed by atoms with Crippen molar-refractivity contribution in [3.8, 4) is 11.3 Å². The minimum atomic E-state index is -4.59. The van der Waals surface area contributed by atoms with E-state index in [0.717, 1.165) is 17.4 Å². The molecule has 0 aliphatic rings. The van der Waals surface area contributed by atoms with Gasteiger partial charge in [-0.25, -0.2) is 0 Å². The lowest BCUT2D eigenvalue weighted by Gasteiger charge is -2.10. The smallest absolute Gasteiger partial charge is 0.417 e. The van der Waals surface area contributed by atoms with Gasteiger partial charge in [-0.15, -0.1) is 11.3 Å². The van der Waals surface area contributed by atoms with Crippen LogP contribution >= 0.6 is 11.3 Å². The van der Waals surface area contributed by atoms with Crippen molar-refractivity contribution in [3.63, 3.8) is 0 Å². The van der Waals surface area contributed by atoms with Crippen molar-refractivity contribution in [1.82, 2.24) is 0 Å². The summed E-state index contributed by atoms with van der Waals surface area (Å²) in [4.78, 5) is 11.3. The molecule has 4 nitrogen and oxygen atoms in total. The van der Waals surface area contributed by atoms with Crippen LogP contribution in [0.5, 0.6) is 0 Å². The molecule has 0 radical (unpaired) electrons. The summed E-state index contributed by atoms with van der Waals surface area (Å²) in [5.74, 6) is -0.479. The number of alkyl halides is 3. The van der Waals surface area contributed by atoms with E-state index < -0.39 is 17.6 Å². The molecule has 3 aromatic rings. The van der Waals surface area contributed by atoms with E-state index in [0.29, 0.717) is 11.3 Å². The molecule has 3 rings (SSSR count). The maximum Gasteiger partial charge on any atom is 0.417 e. The molecule has 8 heteroatoms. The van der Waals surface area contributed by atoms with E-state index in [2.05, 4.69) is 0 Å². The monoisotopic (exact) mass is 326 g/mol. The number of thiophene rings is 1. The molecule has 2 aromatic heterocycles. The van der Waals surface area contributed by atoms with Crippen molar-refractivity contribution in [1.29, 1.82) is 0 Å². The topological polar surface area (TPSA) is 82.2 Å². The zero-order valence-corrected chi connectivity index (χ0v) is 11.7. The number of halogens is 3. The first-order valence-corrected chi connectivity index (χ1v) is 6.88. The van der Waals surface area contributed by atoms with Crippen molar-refractivity contribution in [3.05, 3.63) is 41.0 Å². The van der Waals surface area contributed by atoms with E-state index in [9.17, 15) is 18.0 Å². The van der Waals surface area contributed by atoms with Gasteiger partial charge in [0.15, 0.2) is 0 Å². The van der Waals surface area contributed by atoms with Crippen LogP contribution in [0.2, 0.25) is 0 Å². The zero-order valence-electron chi connectivity index (χ0n) is 10.9. The molecule has 0 spiro atoms. The fourth-order valence-corrected chi connectivity index (χ4v) is 3.39. The number of carbonyl (C=O) groups excluding carboxylic acids is 1. The lowest BCUT2D eigenvalue weighted by Crippen LogP contribution is -2.11. The molecule has 0 fully saturated rings. The quantitative estimate of drug-likeness (QED) is 0.750. The standard InChI is InChI=1S/C14H9F3N2O2S/c15-14(16,17)7-4-3-6(8-2-1-5-21-8)11-9(7)10(18)12(22-11)13(19)20/h1-5H,18H2,(H2,19,20). The second kappa shape index (κ2) is 4.77. The molecule has 0 saturated heterocycles. The van der Waals surface area contributed by atoms with Crippen molar-refractivity contribution in [2.45, 2.75) is 6.18 Å². The number of nitrogens with two attached hydrogens (primary N) is 2. The first-order valence-electron chi connectivity index (χ1n) is 6.06. The van der Waals surface area contributed by atoms with Crippen LogP contribution in [0.1, 0.15) is 15.2 Å². The van der Waals surface area contributed by atoms with E-state index in [1.165, 1.54) is 12.3 Å². The largest absolute Gasteiger partial charge is 0.464 e. The lowest BCUT2D eigenvalue weighted by molar-refractivity contribution is -0.136. The third-order valence-electron chi connectivity index (χ3n) is 3.19. The number of primary amides is 1. The number of nitrogen functional groups attached to an aromatic ring is 1. The Morgan fingerprint density at radius 1 is 1.23 bits per heavy atom. The molecule has 0 atom stereocenters. The van der Waals surface area contributed by atoms with Crippen LogP contribution in [0.15, 0.2) is 34.9 Å². The second-order valence-electron chi connectivity index (χ2n) is 4.55. The number of amides is 1. The van der Waals surface area contributed by atoms with Gasteiger partial charge < -0.3 is 15.9 Å². The van der Waals surface area contributed by atoms with Crippen LogP contribution in [0.3, 0.4) is 0 Å². The molecule has 22 heavy (non-hydrogen) atoms. The molecule has 0 aliphatic carbocycles. The number of hydrogen-bond donors (Lipinski definition) is 2. The number of fused-ring (bicyclic) bond motifs is 1. The molecule has 114 valence electrons. The average Bonchev–Trinajstić information content (AvgIpc) is 3.05. The van der Waals surface area contributed by atoms with E-state index in [-0.39, 0.29) is 20.7 Å². The molecule has 4 N–H and O–H groups in total. The summed E-state index contributed by atoms with van der Waals surface area (Å²) in [6.45, 7) is 0. The predicted octanol–water partition coefficient (Wildman–Crippen LogP) is 3.86. The summed E-state index contributed by atoms with van der Waals surface area (Å²) in [5, 5.41) is -0.222. The zero-order chi connectivity index (χ0) is 16.1. The van der Waals surface area contributed by atoms with Gasteiger partial charge >= 0.3 is 6.18 Å². The number of rotatable bonds is 2. The van der Waals surface area contributed by atoms with Crippen LogP contribution in [-0.2, 0) is 6.18 Å². The Labute approximate surface area is 126 Å². The maximum absolute atomic E-state index is 13.2. The normalized spacial score (nSPS) is 12.0. The highest BCUT2D eigenvalue weighted by Gasteiger charge is 2.35. The highest BCUT2D eigenvalue weighted by Crippen LogP contribution is 2.46. The van der Waals surface area contributed by atoms with Crippen LogP contribution in [0.4, 0.5) is 18.9 Å². The Balaban J connectivity index is 2.43. The molecule has 0 aliphatic heterocycles. The third-order valence-corrected chi connectivity index (χ3v) is 4.44. The van der Waals surface area contributed by atoms with E-state index in [1.54, 1.807) is 12.1 Å². The van der Waals surface area contributed by atoms with Gasteiger partial charge in [-0.05, 0) is 24.3 Å². The second-order valence-corrected chi connectivity index (χ2v) is 5.57. The van der Waals surface area contributed by atoms with Gasteiger partial charge in [-0.3, -0.25) is 4.79 Å². The van der Waals surface area contributed by atoms with Crippen LogP contribution < -0.4 is 11.5 Å². The SMILES string of the molecule is NC(=O)c1sc2c(-c3ccco3)ccc(C(F)(F)F)c2c1N. The Morgan fingerprint density at radius 2 is 1.95 bits per heavy atom. The van der Waals surface area contributed by atoms with Gasteiger partial charge in [-0.1, -0.05) is 0 Å². The van der Waals surface area contributed by atoms with Gasteiger partial charge in [0.1, 0.15) is 10.6 Å². The molecule has 1 aromatic carbocycles. The fourth-order valence-electron chi connectivity index (χ4n) is 2.27. The molecular formula is C14H9F3N2O2S. The summed E-state index contributed by atoms with van der Waals surface area (Å²) in [7, 11) is 0. The van der Waals surface area contributed by atoms with Crippen molar-refractivity contribution < 1.29 is 22.4 Å². The Hall–Kier alpha value is -2.48. The summed E-state index contributed by atoms with van der Waals surface area (Å²) in [6.07, 6.45) is -3.19. The molecule has 2 heterocycles. The number of carbonyl (C=O) groups is 1. The Morgan fingerprint density at radius 3 is 2.50 bits per heavy atom.